The van der Waals surface area contributed by atoms with E-state index in [1.54, 1.807) is 38.1 Å². The maximum absolute atomic E-state index is 11.9. The minimum absolute atomic E-state index is 0.000783. The number of amides is 2. The summed E-state index contributed by atoms with van der Waals surface area (Å²) in [6.45, 7) is 3.54. The lowest BCUT2D eigenvalue weighted by Crippen LogP contribution is -2.24. The third kappa shape index (κ3) is 6.56. The number of nitrogen functional groups attached to an aromatic ring is 2. The van der Waals surface area contributed by atoms with E-state index < -0.39 is 0 Å². The maximum atomic E-state index is 11.9. The molecule has 0 bridgehead atoms. The number of carbonyl (C=O) groups excluding carboxylic acids is 2. The van der Waals surface area contributed by atoms with Crippen molar-refractivity contribution in [2.24, 2.45) is 10.2 Å². The van der Waals surface area contributed by atoms with Crippen molar-refractivity contribution in [3.63, 3.8) is 0 Å². The molecule has 28 heavy (non-hydrogen) atoms. The Labute approximate surface area is 163 Å². The Morgan fingerprint density at radius 1 is 0.714 bits per heavy atom. The number of nitrogens with one attached hydrogen (secondary N) is 2. The average molecular weight is 380 g/mol. The SMILES string of the molecule is C/C(=N/NC(=O)CCC(=O)N/N=C(/C)c1ccc(N)cc1)c1ccc(N)cc1. The van der Waals surface area contributed by atoms with Gasteiger partial charge in [0.15, 0.2) is 0 Å². The number of hydrazone groups is 2. The van der Waals surface area contributed by atoms with E-state index in [-0.39, 0.29) is 24.7 Å². The summed E-state index contributed by atoms with van der Waals surface area (Å²) < 4.78 is 0. The first-order valence-corrected chi connectivity index (χ1v) is 8.73. The second kappa shape index (κ2) is 9.86. The highest BCUT2D eigenvalue weighted by Gasteiger charge is 2.07. The van der Waals surface area contributed by atoms with Crippen molar-refractivity contribution in [2.45, 2.75) is 26.7 Å². The van der Waals surface area contributed by atoms with Gasteiger partial charge < -0.3 is 11.5 Å². The Balaban J connectivity index is 1.78. The van der Waals surface area contributed by atoms with Crippen molar-refractivity contribution in [2.75, 3.05) is 11.5 Å². The third-order valence-corrected chi connectivity index (χ3v) is 3.93. The minimum Gasteiger partial charge on any atom is -0.399 e. The molecular formula is C20H24N6O2. The van der Waals surface area contributed by atoms with Crippen LogP contribution in [0.4, 0.5) is 11.4 Å². The van der Waals surface area contributed by atoms with Crippen LogP contribution in [0.2, 0.25) is 0 Å². The first kappa shape index (κ1) is 20.6. The molecule has 0 aromatic heterocycles. The van der Waals surface area contributed by atoms with Gasteiger partial charge in [0.25, 0.3) is 0 Å². The predicted octanol–water partition coefficient (Wildman–Crippen LogP) is 2.01. The Morgan fingerprint density at radius 3 is 1.36 bits per heavy atom. The smallest absolute Gasteiger partial charge is 0.240 e. The van der Waals surface area contributed by atoms with Crippen molar-refractivity contribution in [3.8, 4) is 0 Å². The van der Waals surface area contributed by atoms with Crippen molar-refractivity contribution in [1.29, 1.82) is 0 Å². The van der Waals surface area contributed by atoms with Crippen LogP contribution in [0, 0.1) is 0 Å². The van der Waals surface area contributed by atoms with Crippen LogP contribution in [0.15, 0.2) is 58.7 Å². The van der Waals surface area contributed by atoms with E-state index in [1.807, 2.05) is 24.3 Å². The Bertz CT molecular complexity index is 810. The highest BCUT2D eigenvalue weighted by Crippen LogP contribution is 2.07. The van der Waals surface area contributed by atoms with Crippen LogP contribution in [0.3, 0.4) is 0 Å². The van der Waals surface area contributed by atoms with Crippen molar-refractivity contribution in [3.05, 3.63) is 59.7 Å². The maximum Gasteiger partial charge on any atom is 0.240 e. The van der Waals surface area contributed by atoms with Crippen LogP contribution in [-0.2, 0) is 9.59 Å². The van der Waals surface area contributed by atoms with Crippen LogP contribution in [0.1, 0.15) is 37.8 Å². The van der Waals surface area contributed by atoms with Crippen molar-refractivity contribution < 1.29 is 9.59 Å². The van der Waals surface area contributed by atoms with Gasteiger partial charge in [-0.3, -0.25) is 9.59 Å². The summed E-state index contributed by atoms with van der Waals surface area (Å²) >= 11 is 0. The van der Waals surface area contributed by atoms with Crippen molar-refractivity contribution >= 4 is 34.6 Å². The van der Waals surface area contributed by atoms with Gasteiger partial charge in [0, 0.05) is 24.2 Å². The Kier molecular flexibility index (Phi) is 7.27. The zero-order valence-corrected chi connectivity index (χ0v) is 15.9. The average Bonchev–Trinajstić information content (AvgIpc) is 2.69. The lowest BCUT2D eigenvalue weighted by molar-refractivity contribution is -0.126. The molecule has 0 fully saturated rings. The molecule has 0 atom stereocenters. The van der Waals surface area contributed by atoms with E-state index in [2.05, 4.69) is 21.1 Å². The fourth-order valence-electron chi connectivity index (χ4n) is 2.21. The second-order valence-electron chi connectivity index (χ2n) is 6.21. The van der Waals surface area contributed by atoms with Gasteiger partial charge in [0.2, 0.25) is 11.8 Å². The number of rotatable bonds is 7. The number of hydrogen-bond acceptors (Lipinski definition) is 6. The molecule has 2 rings (SSSR count). The van der Waals surface area contributed by atoms with Gasteiger partial charge in [-0.2, -0.15) is 10.2 Å². The van der Waals surface area contributed by atoms with Gasteiger partial charge in [-0.15, -0.1) is 0 Å². The Hall–Kier alpha value is -3.68. The van der Waals surface area contributed by atoms with Gasteiger partial charge in [-0.05, 0) is 49.2 Å². The number of hydrogen-bond donors (Lipinski definition) is 4. The molecule has 6 N–H and O–H groups in total. The molecule has 0 spiro atoms. The minimum atomic E-state index is -0.357. The molecule has 0 aliphatic heterocycles. The van der Waals surface area contributed by atoms with E-state index in [9.17, 15) is 9.59 Å². The highest BCUT2D eigenvalue weighted by atomic mass is 16.2. The lowest BCUT2D eigenvalue weighted by atomic mass is 10.1. The van der Waals surface area contributed by atoms with Crippen LogP contribution in [0.5, 0.6) is 0 Å². The first-order valence-electron chi connectivity index (χ1n) is 8.73. The molecule has 0 aliphatic rings. The van der Waals surface area contributed by atoms with E-state index in [1.165, 1.54) is 0 Å². The molecular weight excluding hydrogens is 356 g/mol. The number of carbonyl (C=O) groups is 2. The number of nitrogens with zero attached hydrogens (tertiary/aromatic N) is 2. The molecule has 0 radical (unpaired) electrons. The first-order chi connectivity index (χ1) is 13.3. The topological polar surface area (TPSA) is 135 Å². The Morgan fingerprint density at radius 2 is 1.04 bits per heavy atom. The summed E-state index contributed by atoms with van der Waals surface area (Å²) in [6.07, 6.45) is 0.00157. The number of nitrogens with two attached hydrogens (primary N) is 2. The standard InChI is InChI=1S/C20H24N6O2/c1-13(15-3-7-17(21)8-4-15)23-25-19(27)11-12-20(28)26-24-14(2)16-5-9-18(22)10-6-16/h3-10H,11-12,21-22H2,1-2H3,(H,25,27)(H,26,28)/b23-13-,24-14-. The van der Waals surface area contributed by atoms with E-state index >= 15 is 0 Å². The molecule has 146 valence electrons. The zero-order valence-electron chi connectivity index (χ0n) is 15.9. The molecule has 2 aromatic carbocycles. The largest absolute Gasteiger partial charge is 0.399 e. The molecule has 8 heteroatoms. The quantitative estimate of drug-likeness (QED) is 0.332. The summed E-state index contributed by atoms with van der Waals surface area (Å²) in [5, 5.41) is 8.06. The summed E-state index contributed by atoms with van der Waals surface area (Å²) in [7, 11) is 0. The third-order valence-electron chi connectivity index (χ3n) is 3.93. The molecule has 0 saturated heterocycles. The molecule has 0 heterocycles. The van der Waals surface area contributed by atoms with Crippen LogP contribution >= 0.6 is 0 Å². The molecule has 8 nitrogen and oxygen atoms in total. The number of benzene rings is 2. The second-order valence-corrected chi connectivity index (χ2v) is 6.21. The predicted molar refractivity (Wildman–Crippen MR) is 112 cm³/mol. The molecule has 0 saturated carbocycles. The van der Waals surface area contributed by atoms with Gasteiger partial charge in [-0.1, -0.05) is 24.3 Å². The van der Waals surface area contributed by atoms with E-state index in [0.29, 0.717) is 22.8 Å². The fraction of sp³-hybridized carbons (Fsp3) is 0.200. The van der Waals surface area contributed by atoms with Gasteiger partial charge in [0.1, 0.15) is 0 Å². The highest BCUT2D eigenvalue weighted by molar-refractivity contribution is 6.00. The summed E-state index contributed by atoms with van der Waals surface area (Å²) in [6, 6.07) is 14.3. The summed E-state index contributed by atoms with van der Waals surface area (Å²) in [4.78, 5) is 23.7. The van der Waals surface area contributed by atoms with E-state index in [0.717, 1.165) is 11.1 Å². The van der Waals surface area contributed by atoms with Crippen molar-refractivity contribution in [1.82, 2.24) is 10.9 Å². The monoisotopic (exact) mass is 380 g/mol. The molecule has 2 aromatic rings. The molecule has 0 aliphatic carbocycles. The van der Waals surface area contributed by atoms with Gasteiger partial charge >= 0.3 is 0 Å². The van der Waals surface area contributed by atoms with Gasteiger partial charge in [0.05, 0.1) is 11.4 Å². The zero-order chi connectivity index (χ0) is 20.5. The lowest BCUT2D eigenvalue weighted by Gasteiger charge is -2.04. The van der Waals surface area contributed by atoms with Crippen LogP contribution in [-0.4, -0.2) is 23.2 Å². The summed E-state index contributed by atoms with van der Waals surface area (Å²) in [5.41, 5.74) is 20.4. The summed E-state index contributed by atoms with van der Waals surface area (Å²) in [5.74, 6) is -0.714. The van der Waals surface area contributed by atoms with Gasteiger partial charge in [-0.25, -0.2) is 10.9 Å². The number of anilines is 2. The molecule has 0 unspecified atom stereocenters. The van der Waals surface area contributed by atoms with Crippen LogP contribution < -0.4 is 22.3 Å². The fourth-order valence-corrected chi connectivity index (χ4v) is 2.21. The van der Waals surface area contributed by atoms with Crippen LogP contribution in [0.25, 0.3) is 0 Å². The molecule has 2 amide bonds. The van der Waals surface area contributed by atoms with E-state index in [4.69, 9.17) is 11.5 Å². The normalized spacial score (nSPS) is 11.8.